The first-order chi connectivity index (χ1) is 15.7. The van der Waals surface area contributed by atoms with Crippen LogP contribution in [0, 0.1) is 22.7 Å². The van der Waals surface area contributed by atoms with Gasteiger partial charge >= 0.3 is 0 Å². The van der Waals surface area contributed by atoms with Crippen LogP contribution in [0.25, 0.3) is 22.4 Å². The molecule has 0 aliphatic rings. The van der Waals surface area contributed by atoms with Crippen LogP contribution in [0.4, 0.5) is 5.95 Å². The zero-order valence-electron chi connectivity index (χ0n) is 16.8. The fourth-order valence-corrected chi connectivity index (χ4v) is 3.19. The Bertz CT molecular complexity index is 1420. The molecule has 0 unspecified atom stereocenters. The summed E-state index contributed by atoms with van der Waals surface area (Å²) in [6, 6.07) is 28.0. The molecule has 0 fully saturated rings. The molecule has 0 saturated carbocycles. The molecule has 1 heterocycles. The van der Waals surface area contributed by atoms with Crippen LogP contribution in [0.1, 0.15) is 16.7 Å². The average Bonchev–Trinajstić information content (AvgIpc) is 2.84. The minimum Gasteiger partial charge on any atom is -0.290 e. The molecule has 32 heavy (non-hydrogen) atoms. The largest absolute Gasteiger partial charge is 0.290 e. The van der Waals surface area contributed by atoms with E-state index in [1.54, 1.807) is 30.5 Å². The molecule has 0 amide bonds. The lowest BCUT2D eigenvalue weighted by atomic mass is 9.99. The van der Waals surface area contributed by atoms with Crippen LogP contribution in [0.15, 0.2) is 88.8 Å². The summed E-state index contributed by atoms with van der Waals surface area (Å²) in [7, 11) is 0. The number of H-pyrrole nitrogens is 1. The number of hydrogen-bond donors (Lipinski definition) is 2. The van der Waals surface area contributed by atoms with Gasteiger partial charge in [0.05, 0.1) is 23.5 Å². The summed E-state index contributed by atoms with van der Waals surface area (Å²) in [6.45, 7) is 0. The molecule has 7 heteroatoms. The number of aromatic amines is 1. The highest BCUT2D eigenvalue weighted by molar-refractivity contribution is 5.90. The van der Waals surface area contributed by atoms with E-state index in [2.05, 4.69) is 26.6 Å². The molecule has 0 aliphatic carbocycles. The highest BCUT2D eigenvalue weighted by Gasteiger charge is 2.13. The van der Waals surface area contributed by atoms with Crippen LogP contribution in [0.5, 0.6) is 0 Å². The minimum absolute atomic E-state index is 0.0584. The van der Waals surface area contributed by atoms with Crippen molar-refractivity contribution in [3.63, 3.8) is 0 Å². The van der Waals surface area contributed by atoms with Gasteiger partial charge in [0.1, 0.15) is 11.6 Å². The van der Waals surface area contributed by atoms with Crippen molar-refractivity contribution in [3.05, 3.63) is 106 Å². The second-order valence-corrected chi connectivity index (χ2v) is 6.76. The second kappa shape index (κ2) is 9.21. The zero-order chi connectivity index (χ0) is 22.3. The summed E-state index contributed by atoms with van der Waals surface area (Å²) in [5.41, 5.74) is 6.40. The summed E-state index contributed by atoms with van der Waals surface area (Å²) >= 11 is 0. The number of anilines is 1. The van der Waals surface area contributed by atoms with Gasteiger partial charge in [-0.1, -0.05) is 66.7 Å². The van der Waals surface area contributed by atoms with Crippen molar-refractivity contribution in [2.75, 3.05) is 5.43 Å². The first-order valence-corrected chi connectivity index (χ1v) is 9.68. The van der Waals surface area contributed by atoms with E-state index in [1.165, 1.54) is 0 Å². The highest BCUT2D eigenvalue weighted by Crippen LogP contribution is 2.23. The molecular formula is C25H16N6O. The second-order valence-electron chi connectivity index (χ2n) is 6.76. The Morgan fingerprint density at radius 1 is 0.875 bits per heavy atom. The lowest BCUT2D eigenvalue weighted by Gasteiger charge is -2.07. The molecule has 0 atom stereocenters. The Morgan fingerprint density at radius 3 is 2.31 bits per heavy atom. The average molecular weight is 416 g/mol. The number of aromatic nitrogens is 2. The molecule has 1 aromatic heterocycles. The van der Waals surface area contributed by atoms with Gasteiger partial charge in [-0.25, -0.2) is 10.4 Å². The van der Waals surface area contributed by atoms with E-state index in [4.69, 9.17) is 5.26 Å². The molecule has 3 aromatic carbocycles. The molecule has 4 aromatic rings. The van der Waals surface area contributed by atoms with Crippen molar-refractivity contribution in [1.29, 1.82) is 10.5 Å². The lowest BCUT2D eigenvalue weighted by molar-refractivity contribution is 1.08. The maximum Gasteiger partial charge on any atom is 0.270 e. The van der Waals surface area contributed by atoms with Gasteiger partial charge in [0.15, 0.2) is 0 Å². The summed E-state index contributed by atoms with van der Waals surface area (Å²) in [6.07, 6.45) is 1.62. The Labute approximate surface area is 183 Å². The normalized spacial score (nSPS) is 10.4. The van der Waals surface area contributed by atoms with Crippen molar-refractivity contribution < 1.29 is 0 Å². The molecule has 0 aliphatic heterocycles. The predicted octanol–water partition coefficient (Wildman–Crippen LogP) is 4.29. The first-order valence-electron chi connectivity index (χ1n) is 9.68. The van der Waals surface area contributed by atoms with Gasteiger partial charge in [0.25, 0.3) is 5.56 Å². The molecule has 0 bridgehead atoms. The van der Waals surface area contributed by atoms with E-state index >= 15 is 0 Å². The van der Waals surface area contributed by atoms with Crippen LogP contribution in [-0.2, 0) is 0 Å². The Hall–Kier alpha value is -5.01. The molecule has 7 nitrogen and oxygen atoms in total. The molecule has 0 radical (unpaired) electrons. The molecule has 152 valence electrons. The van der Waals surface area contributed by atoms with E-state index in [-0.39, 0.29) is 17.2 Å². The standard InChI is InChI=1S/C25H16N6O/c26-14-17-10-12-18(13-11-17)21-9-5-4-8-20(21)16-28-31-25-29-23(19-6-2-1-3-7-19)22(15-27)24(32)30-25/h1-13,16H,(H2,29,30,31,32). The summed E-state index contributed by atoms with van der Waals surface area (Å²) < 4.78 is 0. The van der Waals surface area contributed by atoms with E-state index in [9.17, 15) is 10.1 Å². The quantitative estimate of drug-likeness (QED) is 0.372. The van der Waals surface area contributed by atoms with Gasteiger partial charge in [-0.2, -0.15) is 15.6 Å². The third-order valence-corrected chi connectivity index (χ3v) is 4.74. The van der Waals surface area contributed by atoms with E-state index in [1.807, 2.05) is 60.7 Å². The highest BCUT2D eigenvalue weighted by atomic mass is 16.1. The van der Waals surface area contributed by atoms with Crippen molar-refractivity contribution in [1.82, 2.24) is 9.97 Å². The van der Waals surface area contributed by atoms with E-state index in [0.29, 0.717) is 11.1 Å². The maximum atomic E-state index is 12.4. The number of rotatable bonds is 5. The van der Waals surface area contributed by atoms with Gasteiger partial charge in [-0.05, 0) is 23.3 Å². The number of hydrazone groups is 1. The van der Waals surface area contributed by atoms with Gasteiger partial charge in [-0.3, -0.25) is 9.78 Å². The maximum absolute atomic E-state index is 12.4. The zero-order valence-corrected chi connectivity index (χ0v) is 16.8. The van der Waals surface area contributed by atoms with Gasteiger partial charge in [0, 0.05) is 11.1 Å². The fraction of sp³-hybridized carbons (Fsp3) is 0. The van der Waals surface area contributed by atoms with Crippen LogP contribution in [-0.4, -0.2) is 16.2 Å². The predicted molar refractivity (Wildman–Crippen MR) is 123 cm³/mol. The summed E-state index contributed by atoms with van der Waals surface area (Å²) in [4.78, 5) is 19.3. The van der Waals surface area contributed by atoms with Gasteiger partial charge < -0.3 is 0 Å². The number of nitrogens with one attached hydrogen (secondary N) is 2. The van der Waals surface area contributed by atoms with Crippen molar-refractivity contribution in [2.45, 2.75) is 0 Å². The number of hydrogen-bond acceptors (Lipinski definition) is 6. The SMILES string of the molecule is N#Cc1ccc(-c2ccccc2C=NNc2nc(-c3ccccc3)c(C#N)c(=O)[nH]2)cc1. The molecule has 2 N–H and O–H groups in total. The van der Waals surface area contributed by atoms with Crippen LogP contribution >= 0.6 is 0 Å². The Balaban J connectivity index is 1.63. The Morgan fingerprint density at radius 2 is 1.59 bits per heavy atom. The van der Waals surface area contributed by atoms with Crippen molar-refractivity contribution >= 4 is 12.2 Å². The Kier molecular flexibility index (Phi) is 5.83. The number of benzene rings is 3. The third-order valence-electron chi connectivity index (χ3n) is 4.74. The fourth-order valence-electron chi connectivity index (χ4n) is 3.19. The van der Waals surface area contributed by atoms with E-state index in [0.717, 1.165) is 16.7 Å². The van der Waals surface area contributed by atoms with Crippen molar-refractivity contribution in [3.8, 4) is 34.5 Å². The summed E-state index contributed by atoms with van der Waals surface area (Å²) in [5.74, 6) is 0.125. The number of nitriles is 2. The third kappa shape index (κ3) is 4.28. The lowest BCUT2D eigenvalue weighted by Crippen LogP contribution is -2.16. The van der Waals surface area contributed by atoms with Crippen LogP contribution < -0.4 is 11.0 Å². The minimum atomic E-state index is -0.544. The van der Waals surface area contributed by atoms with Crippen LogP contribution in [0.2, 0.25) is 0 Å². The molecular weight excluding hydrogens is 400 g/mol. The monoisotopic (exact) mass is 416 g/mol. The van der Waals surface area contributed by atoms with E-state index < -0.39 is 5.56 Å². The molecule has 0 spiro atoms. The molecule has 4 rings (SSSR count). The van der Waals surface area contributed by atoms with Crippen molar-refractivity contribution in [2.24, 2.45) is 5.10 Å². The van der Waals surface area contributed by atoms with Gasteiger partial charge in [0.2, 0.25) is 5.95 Å². The first kappa shape index (κ1) is 20.3. The molecule has 0 saturated heterocycles. The topological polar surface area (TPSA) is 118 Å². The smallest absolute Gasteiger partial charge is 0.270 e. The van der Waals surface area contributed by atoms with Crippen LogP contribution in [0.3, 0.4) is 0 Å². The number of nitrogens with zero attached hydrogens (tertiary/aromatic N) is 4. The van der Waals surface area contributed by atoms with Gasteiger partial charge in [-0.15, -0.1) is 0 Å². The summed E-state index contributed by atoms with van der Waals surface area (Å²) in [5, 5.41) is 22.6.